The lowest BCUT2D eigenvalue weighted by Gasteiger charge is -2.31. The van der Waals surface area contributed by atoms with Gasteiger partial charge in [-0.05, 0) is 0 Å². The minimum Gasteiger partial charge on any atom is -0.347 e. The van der Waals surface area contributed by atoms with Crippen molar-refractivity contribution in [2.45, 2.75) is 18.6 Å². The van der Waals surface area contributed by atoms with Crippen molar-refractivity contribution in [2.75, 3.05) is 26.3 Å². The number of hydrogen-bond donors (Lipinski definition) is 3. The highest BCUT2D eigenvalue weighted by Gasteiger charge is 2.37. The van der Waals surface area contributed by atoms with Crippen molar-refractivity contribution in [2.24, 2.45) is 0 Å². The first-order chi connectivity index (χ1) is 5.91. The van der Waals surface area contributed by atoms with Gasteiger partial charge in [-0.25, -0.2) is 0 Å². The molecule has 2 saturated heterocycles. The third kappa shape index (κ3) is 2.53. The minimum absolute atomic E-state index is 0.189. The van der Waals surface area contributed by atoms with E-state index in [2.05, 4.69) is 28.6 Å². The summed E-state index contributed by atoms with van der Waals surface area (Å²) in [5.74, 6) is -0.189. The Morgan fingerprint density at radius 1 is 1.00 bits per heavy atom. The van der Waals surface area contributed by atoms with Crippen LogP contribution in [0.15, 0.2) is 0 Å². The van der Waals surface area contributed by atoms with Crippen molar-refractivity contribution >= 4 is 23.3 Å². The molecule has 0 amide bonds. The number of ether oxygens (including phenoxy) is 2. The van der Waals surface area contributed by atoms with Gasteiger partial charge in [-0.2, -0.15) is 0 Å². The van der Waals surface area contributed by atoms with Gasteiger partial charge in [-0.3, -0.25) is 0 Å². The first-order valence-electron chi connectivity index (χ1n) is 4.10. The molecule has 2 aliphatic heterocycles. The van der Waals surface area contributed by atoms with Gasteiger partial charge in [0.25, 0.3) is 0 Å². The molecule has 0 aromatic carbocycles. The molecule has 0 aromatic rings. The van der Waals surface area contributed by atoms with Crippen LogP contribution < -0.4 is 5.32 Å². The number of hydrogen-bond acceptors (Lipinski definition) is 5. The summed E-state index contributed by atoms with van der Waals surface area (Å²) in [6, 6.07) is 0. The second-order valence-corrected chi connectivity index (χ2v) is 2.86. The molecule has 2 rings (SSSR count). The Hall–Kier alpha value is 0.580. The second kappa shape index (κ2) is 5.34. The molecule has 0 aliphatic carbocycles. The van der Waals surface area contributed by atoms with Crippen LogP contribution in [0, 0.1) is 0 Å². The zero-order valence-corrected chi connectivity index (χ0v) is 8.74. The Balaban J connectivity index is 0.000000336. The van der Waals surface area contributed by atoms with Crippen molar-refractivity contribution in [3.05, 3.63) is 0 Å². The van der Waals surface area contributed by atoms with Crippen LogP contribution in [0.25, 0.3) is 0 Å². The highest BCUT2D eigenvalue weighted by Crippen LogP contribution is 2.28. The molecule has 72 valence electrons. The summed E-state index contributed by atoms with van der Waals surface area (Å²) in [6.45, 7) is 3.61. The second-order valence-electron chi connectivity index (χ2n) is 2.86. The van der Waals surface area contributed by atoms with Gasteiger partial charge in [-0.1, -0.05) is 0 Å². The highest BCUT2D eigenvalue weighted by atomic mass is 33.1. The smallest absolute Gasteiger partial charge is 0.170 e. The molecular formula is C7H15NO2S2. The fourth-order valence-electron chi connectivity index (χ4n) is 1.59. The van der Waals surface area contributed by atoms with E-state index in [0.29, 0.717) is 0 Å². The molecule has 3 nitrogen and oxygen atoms in total. The van der Waals surface area contributed by atoms with Crippen molar-refractivity contribution < 1.29 is 9.47 Å². The minimum atomic E-state index is -0.189. The van der Waals surface area contributed by atoms with Crippen LogP contribution in [0.2, 0.25) is 0 Å². The molecule has 2 fully saturated rings. The van der Waals surface area contributed by atoms with Gasteiger partial charge in [0.2, 0.25) is 0 Å². The zero-order chi connectivity index (χ0) is 8.86. The number of nitrogens with one attached hydrogen (secondary N) is 1. The summed E-state index contributed by atoms with van der Waals surface area (Å²) < 4.78 is 11.0. The van der Waals surface area contributed by atoms with Gasteiger partial charge in [0.15, 0.2) is 5.79 Å². The number of piperidine rings is 1. The van der Waals surface area contributed by atoms with Gasteiger partial charge in [-0.15, -0.1) is 23.3 Å². The SMILES string of the molecule is C1CC2(CCN1)OCCO2.SS. The maximum absolute atomic E-state index is 5.52. The van der Waals surface area contributed by atoms with E-state index >= 15 is 0 Å². The first-order valence-corrected chi connectivity index (χ1v) is 5.70. The Kier molecular flexibility index (Phi) is 4.74. The fraction of sp³-hybridized carbons (Fsp3) is 1.00. The van der Waals surface area contributed by atoms with E-state index in [9.17, 15) is 0 Å². The lowest BCUT2D eigenvalue weighted by molar-refractivity contribution is -0.172. The van der Waals surface area contributed by atoms with E-state index in [0.717, 1.165) is 39.1 Å². The molecule has 1 spiro atoms. The van der Waals surface area contributed by atoms with Crippen LogP contribution in [-0.4, -0.2) is 32.1 Å². The van der Waals surface area contributed by atoms with Crippen molar-refractivity contribution in [3.63, 3.8) is 0 Å². The Bertz CT molecular complexity index is 121. The quantitative estimate of drug-likeness (QED) is 0.409. The summed E-state index contributed by atoms with van der Waals surface area (Å²) in [6.07, 6.45) is 2.01. The summed E-state index contributed by atoms with van der Waals surface area (Å²) in [7, 11) is 0. The molecular weight excluding hydrogens is 194 g/mol. The first kappa shape index (κ1) is 10.7. The predicted molar refractivity (Wildman–Crippen MR) is 54.7 cm³/mol. The maximum atomic E-state index is 5.52. The molecule has 2 heterocycles. The molecule has 0 radical (unpaired) electrons. The van der Waals surface area contributed by atoms with Gasteiger partial charge in [0, 0.05) is 25.9 Å². The fourth-order valence-corrected chi connectivity index (χ4v) is 1.59. The third-order valence-electron chi connectivity index (χ3n) is 2.18. The van der Waals surface area contributed by atoms with Crippen LogP contribution in [-0.2, 0) is 9.47 Å². The van der Waals surface area contributed by atoms with Crippen LogP contribution in [0.4, 0.5) is 0 Å². The van der Waals surface area contributed by atoms with Crippen molar-refractivity contribution in [1.82, 2.24) is 5.32 Å². The van der Waals surface area contributed by atoms with Gasteiger partial charge >= 0.3 is 0 Å². The molecule has 1 N–H and O–H groups in total. The lowest BCUT2D eigenvalue weighted by atomic mass is 10.1. The van der Waals surface area contributed by atoms with E-state index in [4.69, 9.17) is 9.47 Å². The maximum Gasteiger partial charge on any atom is 0.170 e. The highest BCUT2D eigenvalue weighted by molar-refractivity contribution is 8.59. The van der Waals surface area contributed by atoms with E-state index in [1.165, 1.54) is 0 Å². The number of thiol groups is 2. The van der Waals surface area contributed by atoms with Gasteiger partial charge in [0.05, 0.1) is 13.2 Å². The largest absolute Gasteiger partial charge is 0.347 e. The molecule has 0 aromatic heterocycles. The van der Waals surface area contributed by atoms with Crippen LogP contribution in [0.1, 0.15) is 12.8 Å². The van der Waals surface area contributed by atoms with Gasteiger partial charge in [0.1, 0.15) is 0 Å². The van der Waals surface area contributed by atoms with Crippen LogP contribution in [0.5, 0.6) is 0 Å². The number of rotatable bonds is 0. The predicted octanol–water partition coefficient (Wildman–Crippen LogP) is 0.874. The van der Waals surface area contributed by atoms with E-state index in [1.54, 1.807) is 0 Å². The third-order valence-corrected chi connectivity index (χ3v) is 2.18. The molecule has 0 bridgehead atoms. The molecule has 0 unspecified atom stereocenters. The van der Waals surface area contributed by atoms with E-state index < -0.39 is 0 Å². The molecule has 0 atom stereocenters. The molecule has 5 heteroatoms. The molecule has 2 aliphatic rings. The van der Waals surface area contributed by atoms with Crippen LogP contribution in [0.3, 0.4) is 0 Å². The van der Waals surface area contributed by atoms with Crippen molar-refractivity contribution in [1.29, 1.82) is 0 Å². The van der Waals surface area contributed by atoms with Crippen LogP contribution >= 0.6 is 23.3 Å². The van der Waals surface area contributed by atoms with E-state index in [1.807, 2.05) is 0 Å². The lowest BCUT2D eigenvalue weighted by Crippen LogP contribution is -2.42. The summed E-state index contributed by atoms with van der Waals surface area (Å²) in [5.41, 5.74) is 0. The summed E-state index contributed by atoms with van der Waals surface area (Å²) in [5, 5.41) is 3.28. The summed E-state index contributed by atoms with van der Waals surface area (Å²) >= 11 is 6.44. The Morgan fingerprint density at radius 2 is 1.50 bits per heavy atom. The average Bonchev–Trinajstić information content (AvgIpc) is 2.58. The van der Waals surface area contributed by atoms with E-state index in [-0.39, 0.29) is 5.79 Å². The monoisotopic (exact) mass is 209 g/mol. The zero-order valence-electron chi connectivity index (χ0n) is 6.95. The summed E-state index contributed by atoms with van der Waals surface area (Å²) in [4.78, 5) is 0. The Morgan fingerprint density at radius 3 is 2.00 bits per heavy atom. The Labute approximate surface area is 83.4 Å². The topological polar surface area (TPSA) is 30.5 Å². The molecule has 0 saturated carbocycles. The standard InChI is InChI=1S/C7H13NO2.H2S2/c1-3-8-4-2-7(1)9-5-6-10-7;1-2/h8H,1-6H2;1-2H. The normalized spacial score (nSPS) is 26.5. The average molecular weight is 209 g/mol. The van der Waals surface area contributed by atoms with Crippen molar-refractivity contribution in [3.8, 4) is 0 Å². The van der Waals surface area contributed by atoms with Gasteiger partial charge < -0.3 is 14.8 Å². The molecule has 12 heavy (non-hydrogen) atoms.